The highest BCUT2D eigenvalue weighted by Gasteiger charge is 2.31. The fourth-order valence-electron chi connectivity index (χ4n) is 3.64. The van der Waals surface area contributed by atoms with Crippen LogP contribution in [0.3, 0.4) is 0 Å². The topological polar surface area (TPSA) is 81.2 Å². The van der Waals surface area contributed by atoms with Crippen LogP contribution in [0.5, 0.6) is 0 Å². The van der Waals surface area contributed by atoms with Crippen molar-refractivity contribution >= 4 is 11.6 Å². The average molecular weight is 359 g/mol. The number of carbonyl (C=O) groups excluding carboxylic acids is 1. The minimum Gasteiger partial charge on any atom is -0.328 e. The second kappa shape index (κ2) is 6.01. The van der Waals surface area contributed by atoms with Crippen molar-refractivity contribution in [3.05, 3.63) is 66.4 Å². The first-order valence-corrected chi connectivity index (χ1v) is 8.79. The Kier molecular flexibility index (Phi) is 3.49. The Hall–Kier alpha value is -3.55. The van der Waals surface area contributed by atoms with E-state index in [1.165, 1.54) is 6.33 Å². The van der Waals surface area contributed by atoms with Gasteiger partial charge in [-0.05, 0) is 19.1 Å². The first-order valence-electron chi connectivity index (χ1n) is 8.79. The third-order valence-corrected chi connectivity index (χ3v) is 4.86. The van der Waals surface area contributed by atoms with Gasteiger partial charge in [0.1, 0.15) is 12.0 Å². The summed E-state index contributed by atoms with van der Waals surface area (Å²) in [6.07, 6.45) is 1.45. The van der Waals surface area contributed by atoms with Crippen LogP contribution < -0.4 is 0 Å². The molecule has 5 rings (SSSR count). The Morgan fingerprint density at radius 2 is 1.93 bits per heavy atom. The van der Waals surface area contributed by atoms with Crippen LogP contribution in [-0.2, 0) is 6.54 Å². The van der Waals surface area contributed by atoms with Crippen LogP contribution in [-0.4, -0.2) is 46.7 Å². The predicted octanol–water partition coefficient (Wildman–Crippen LogP) is 2.20. The van der Waals surface area contributed by atoms with E-state index in [-0.39, 0.29) is 11.9 Å². The van der Waals surface area contributed by atoms with Crippen LogP contribution in [0.2, 0.25) is 0 Å². The van der Waals surface area contributed by atoms with Crippen LogP contribution in [0.4, 0.5) is 0 Å². The third-order valence-electron chi connectivity index (χ3n) is 4.86. The summed E-state index contributed by atoms with van der Waals surface area (Å²) in [6, 6.07) is 15.5. The molecule has 0 saturated carbocycles. The molecule has 0 radical (unpaired) electrons. The summed E-state index contributed by atoms with van der Waals surface area (Å²) in [5.41, 5.74) is 2.17. The fraction of sp³-hybridized carbons (Fsp3) is 0.211. The van der Waals surface area contributed by atoms with E-state index in [2.05, 4.69) is 31.8 Å². The van der Waals surface area contributed by atoms with Gasteiger partial charge in [0.15, 0.2) is 17.3 Å². The van der Waals surface area contributed by atoms with Crippen molar-refractivity contribution in [3.63, 3.8) is 0 Å². The Labute approximate surface area is 155 Å². The molecule has 134 valence electrons. The maximum atomic E-state index is 13.1. The van der Waals surface area contributed by atoms with E-state index in [1.54, 1.807) is 15.5 Å². The third kappa shape index (κ3) is 2.49. The summed E-state index contributed by atoms with van der Waals surface area (Å²) in [4.78, 5) is 19.1. The first kappa shape index (κ1) is 15.7. The molecule has 4 aromatic rings. The highest BCUT2D eigenvalue weighted by Crippen LogP contribution is 2.28. The molecule has 0 bridgehead atoms. The number of benzene rings is 1. The lowest BCUT2D eigenvalue weighted by molar-refractivity contribution is 0.0673. The second-order valence-electron chi connectivity index (χ2n) is 6.65. The quantitative estimate of drug-likeness (QED) is 0.548. The van der Waals surface area contributed by atoms with Gasteiger partial charge in [0, 0.05) is 12.1 Å². The number of hydrogen-bond acceptors (Lipinski definition) is 5. The zero-order valence-corrected chi connectivity index (χ0v) is 14.7. The largest absolute Gasteiger partial charge is 0.328 e. The van der Waals surface area contributed by atoms with Gasteiger partial charge < -0.3 is 9.47 Å². The summed E-state index contributed by atoms with van der Waals surface area (Å²) >= 11 is 0. The molecule has 0 spiro atoms. The Bertz CT molecular complexity index is 1130. The number of hydrogen-bond donors (Lipinski definition) is 0. The zero-order chi connectivity index (χ0) is 18.4. The molecule has 0 unspecified atom stereocenters. The van der Waals surface area contributed by atoms with E-state index in [9.17, 15) is 4.79 Å². The molecule has 8 nitrogen and oxygen atoms in total. The van der Waals surface area contributed by atoms with Gasteiger partial charge in [-0.2, -0.15) is 5.10 Å². The van der Waals surface area contributed by atoms with Crippen LogP contribution >= 0.6 is 0 Å². The van der Waals surface area contributed by atoms with Crippen molar-refractivity contribution < 1.29 is 4.79 Å². The predicted molar refractivity (Wildman–Crippen MR) is 97.9 cm³/mol. The minimum absolute atomic E-state index is 0.0675. The van der Waals surface area contributed by atoms with Gasteiger partial charge in [-0.15, -0.1) is 10.2 Å². The van der Waals surface area contributed by atoms with Gasteiger partial charge in [0.25, 0.3) is 5.91 Å². The number of nitrogens with zero attached hydrogens (tertiary/aromatic N) is 7. The first-order chi connectivity index (χ1) is 13.2. The van der Waals surface area contributed by atoms with E-state index in [0.717, 1.165) is 17.2 Å². The molecule has 1 atom stereocenters. The Morgan fingerprint density at radius 3 is 2.78 bits per heavy atom. The summed E-state index contributed by atoms with van der Waals surface area (Å²) < 4.78 is 3.69. The van der Waals surface area contributed by atoms with Crippen molar-refractivity contribution in [2.75, 3.05) is 6.54 Å². The molecule has 3 aromatic heterocycles. The van der Waals surface area contributed by atoms with Gasteiger partial charge in [-0.1, -0.05) is 36.4 Å². The molecule has 0 aliphatic carbocycles. The SMILES string of the molecule is C[C@H]1CN(C(=O)c2cccc3ncnn23)Cc2nnc(-c3ccccc3)n21. The fourth-order valence-corrected chi connectivity index (χ4v) is 3.64. The molecule has 0 N–H and O–H groups in total. The molecule has 1 amide bonds. The van der Waals surface area contributed by atoms with Crippen molar-refractivity contribution in [1.82, 2.24) is 34.3 Å². The lowest BCUT2D eigenvalue weighted by Gasteiger charge is -2.32. The Morgan fingerprint density at radius 1 is 1.07 bits per heavy atom. The average Bonchev–Trinajstić information content (AvgIpc) is 3.35. The van der Waals surface area contributed by atoms with Crippen molar-refractivity contribution in [1.29, 1.82) is 0 Å². The highest BCUT2D eigenvalue weighted by atomic mass is 16.2. The number of amides is 1. The molecular weight excluding hydrogens is 342 g/mol. The summed E-state index contributed by atoms with van der Waals surface area (Å²) in [7, 11) is 0. The van der Waals surface area contributed by atoms with Crippen LogP contribution in [0.25, 0.3) is 17.0 Å². The molecule has 8 heteroatoms. The second-order valence-corrected chi connectivity index (χ2v) is 6.65. The molecule has 27 heavy (non-hydrogen) atoms. The minimum atomic E-state index is -0.0894. The van der Waals surface area contributed by atoms with E-state index in [1.807, 2.05) is 42.5 Å². The van der Waals surface area contributed by atoms with Crippen molar-refractivity contribution in [2.45, 2.75) is 19.5 Å². The molecule has 0 fully saturated rings. The van der Waals surface area contributed by atoms with Crippen molar-refractivity contribution in [3.8, 4) is 11.4 Å². The molecule has 1 aromatic carbocycles. The summed E-state index contributed by atoms with van der Waals surface area (Å²) in [6.45, 7) is 3.07. The van der Waals surface area contributed by atoms with Crippen molar-refractivity contribution in [2.24, 2.45) is 0 Å². The van der Waals surface area contributed by atoms with E-state index in [0.29, 0.717) is 24.4 Å². The lowest BCUT2D eigenvalue weighted by Crippen LogP contribution is -2.41. The smallest absolute Gasteiger partial charge is 0.273 e. The molecule has 4 heterocycles. The maximum absolute atomic E-state index is 13.1. The van der Waals surface area contributed by atoms with Gasteiger partial charge in [-0.25, -0.2) is 9.50 Å². The number of fused-ring (bicyclic) bond motifs is 2. The van der Waals surface area contributed by atoms with Crippen LogP contribution in [0, 0.1) is 0 Å². The maximum Gasteiger partial charge on any atom is 0.273 e. The number of aromatic nitrogens is 6. The summed E-state index contributed by atoms with van der Waals surface area (Å²) in [5, 5.41) is 12.9. The normalized spacial score (nSPS) is 16.5. The lowest BCUT2D eigenvalue weighted by atomic mass is 10.1. The molecular formula is C19H17N7O. The van der Waals surface area contributed by atoms with Gasteiger partial charge in [-0.3, -0.25) is 4.79 Å². The van der Waals surface area contributed by atoms with Crippen LogP contribution in [0.1, 0.15) is 29.3 Å². The monoisotopic (exact) mass is 359 g/mol. The summed E-state index contributed by atoms with van der Waals surface area (Å²) in [5.74, 6) is 1.53. The molecule has 0 saturated heterocycles. The Balaban J connectivity index is 1.50. The van der Waals surface area contributed by atoms with E-state index >= 15 is 0 Å². The van der Waals surface area contributed by atoms with E-state index < -0.39 is 0 Å². The van der Waals surface area contributed by atoms with Crippen LogP contribution in [0.15, 0.2) is 54.9 Å². The number of rotatable bonds is 2. The molecule has 1 aliphatic rings. The highest BCUT2D eigenvalue weighted by molar-refractivity contribution is 5.93. The van der Waals surface area contributed by atoms with Gasteiger partial charge in [0.2, 0.25) is 0 Å². The number of carbonyl (C=O) groups is 1. The van der Waals surface area contributed by atoms with Gasteiger partial charge in [0.05, 0.1) is 12.6 Å². The standard InChI is InChI=1S/C19H17N7O/c1-13-10-24(19(27)15-8-5-9-16-20-12-21-26(15)16)11-17-22-23-18(25(13)17)14-6-3-2-4-7-14/h2-9,12-13H,10-11H2,1H3/t13-/m0/s1. The molecule has 1 aliphatic heterocycles. The zero-order valence-electron chi connectivity index (χ0n) is 14.7. The number of pyridine rings is 1. The van der Waals surface area contributed by atoms with Gasteiger partial charge >= 0.3 is 0 Å². The van der Waals surface area contributed by atoms with E-state index in [4.69, 9.17) is 0 Å².